The second-order valence-electron chi connectivity index (χ2n) is 16.3. The van der Waals surface area contributed by atoms with E-state index in [0.29, 0.717) is 32.0 Å². The van der Waals surface area contributed by atoms with Gasteiger partial charge in [-0.15, -0.1) is 0 Å². The number of ether oxygens (including phenoxy) is 5. The fourth-order valence-corrected chi connectivity index (χ4v) is 5.00. The molecule has 0 bridgehead atoms. The fraction of sp³-hybridized carbons (Fsp3) is 0.538. The van der Waals surface area contributed by atoms with Crippen LogP contribution < -0.4 is 14.6 Å². The normalized spacial score (nSPS) is 12.2. The maximum Gasteiger partial charge on any atom is 0.159 e. The molecular formula is C52H86N4O12S2Ti. The zero-order chi connectivity index (χ0) is 54.0. The van der Waals surface area contributed by atoms with Crippen LogP contribution in [0.3, 0.4) is 0 Å². The molecule has 19 heteroatoms. The molecule has 0 amide bonds. The summed E-state index contributed by atoms with van der Waals surface area (Å²) in [4.78, 5) is 19.8. The molecule has 1 fully saturated rings. The number of hydrogen-bond acceptors (Lipinski definition) is 14. The molecule has 2 aromatic carbocycles. The average molecular weight is 1070 g/mol. The van der Waals surface area contributed by atoms with Crippen molar-refractivity contribution in [3.63, 3.8) is 0 Å². The van der Waals surface area contributed by atoms with Crippen LogP contribution in [0.15, 0.2) is 89.6 Å². The molecule has 0 saturated carbocycles. The molecule has 2 atom stereocenters. The molecule has 16 nitrogen and oxygen atoms in total. The van der Waals surface area contributed by atoms with Crippen molar-refractivity contribution in [3.8, 4) is 11.5 Å². The molecule has 1 aliphatic heterocycles. The van der Waals surface area contributed by atoms with Gasteiger partial charge in [-0.3, -0.25) is 19.9 Å². The Morgan fingerprint density at radius 1 is 0.634 bits per heavy atom. The standard InChI is InChI=1S/C20H26N2O3S.C16H17NO3.C4H11NOS.C4H8O.4C2H6O.Ti/c1-15(22-26(23)20(2,3)4)17-10-11-21-18(12-17)14-25-13-16-6-8-19(24-5)9-7-16;1-12(18)14-7-8-17-15(9-14)11-20-10-13-3-5-16(19-2)6-4-13;1-4(2,3)7(5)6;1-2-4-5-3-1;4*1-2-3;/h6-12H,13-14H2,1-5H3;3-9H,10-11H2,1-2H3;5H2,1-3H3;1-4H2;4*3H,2H2,1H3;/t26-;;7-;;;;;;/m1.1....../s1. The van der Waals surface area contributed by atoms with E-state index in [0.717, 1.165) is 58.5 Å². The van der Waals surface area contributed by atoms with Gasteiger partial charge in [0.05, 0.1) is 78.2 Å². The van der Waals surface area contributed by atoms with Crippen molar-refractivity contribution in [1.82, 2.24) is 9.97 Å². The molecule has 5 rings (SSSR count). The van der Waals surface area contributed by atoms with Crippen LogP contribution in [0.25, 0.3) is 0 Å². The maximum atomic E-state index is 12.2. The number of nitrogens with two attached hydrogens (primary N) is 1. The molecule has 402 valence electrons. The molecule has 3 heterocycles. The zero-order valence-corrected chi connectivity index (χ0v) is 48.1. The number of hydrogen-bond donors (Lipinski definition) is 5. The van der Waals surface area contributed by atoms with Crippen LogP contribution in [0.4, 0.5) is 0 Å². The van der Waals surface area contributed by atoms with E-state index in [1.54, 1.807) is 66.4 Å². The van der Waals surface area contributed by atoms with Gasteiger partial charge in [0.1, 0.15) is 22.5 Å². The van der Waals surface area contributed by atoms with Crippen molar-refractivity contribution >= 4 is 33.5 Å². The third-order valence-electron chi connectivity index (χ3n) is 7.99. The van der Waals surface area contributed by atoms with Crippen molar-refractivity contribution in [2.24, 2.45) is 9.54 Å². The second-order valence-corrected chi connectivity index (χ2v) is 20.1. The van der Waals surface area contributed by atoms with Gasteiger partial charge in [0.15, 0.2) is 5.78 Å². The number of aromatic nitrogens is 2. The zero-order valence-electron chi connectivity index (χ0n) is 44.9. The topological polar surface area (TPSA) is 242 Å². The molecule has 1 aliphatic rings. The number of nitrogens with zero attached hydrogens (tertiary/aromatic N) is 3. The van der Waals surface area contributed by atoms with E-state index in [4.69, 9.17) is 49.2 Å². The summed E-state index contributed by atoms with van der Waals surface area (Å²) in [7, 11) is 0.819. The van der Waals surface area contributed by atoms with E-state index >= 15 is 0 Å². The van der Waals surface area contributed by atoms with Gasteiger partial charge in [-0.05, 0) is 161 Å². The van der Waals surface area contributed by atoms with E-state index in [9.17, 15) is 13.2 Å². The van der Waals surface area contributed by atoms with Gasteiger partial charge in [0.2, 0.25) is 0 Å². The SMILES string of the molecule is C1CCOC1.CC(C)(C)[S@](N)=O.CCO.CCO.CCO.CCO.COc1ccc(COCc2cc(C(C)=N[S@](=O)C(C)(C)C)ccn2)cc1.COc1ccc(COCc2cc(C(C)=O)ccn2)cc1.[Ti]. The molecule has 0 unspecified atom stereocenters. The van der Waals surface area contributed by atoms with Gasteiger partial charge >= 0.3 is 0 Å². The van der Waals surface area contributed by atoms with Gasteiger partial charge in [-0.1, -0.05) is 24.3 Å². The minimum Gasteiger partial charge on any atom is -0.497 e. The molecule has 0 spiro atoms. The smallest absolute Gasteiger partial charge is 0.159 e. The number of ketones is 1. The van der Waals surface area contributed by atoms with Crippen molar-refractivity contribution in [1.29, 1.82) is 0 Å². The number of pyridine rings is 2. The van der Waals surface area contributed by atoms with Crippen LogP contribution in [0.1, 0.15) is 134 Å². The molecule has 4 aromatic rings. The first-order chi connectivity index (χ1) is 33.1. The van der Waals surface area contributed by atoms with E-state index < -0.39 is 22.0 Å². The molecule has 71 heavy (non-hydrogen) atoms. The fourth-order valence-electron chi connectivity index (χ4n) is 4.37. The minimum absolute atomic E-state index is 0. The largest absolute Gasteiger partial charge is 0.497 e. The summed E-state index contributed by atoms with van der Waals surface area (Å²) in [5.41, 5.74) is 5.99. The molecule has 0 radical (unpaired) electrons. The Bertz CT molecular complexity index is 1960. The maximum absolute atomic E-state index is 12.2. The summed E-state index contributed by atoms with van der Waals surface area (Å²) in [6.45, 7) is 26.1. The molecule has 0 aliphatic carbocycles. The van der Waals surface area contributed by atoms with Gasteiger partial charge in [0.25, 0.3) is 0 Å². The third-order valence-corrected chi connectivity index (χ3v) is 10.7. The summed E-state index contributed by atoms with van der Waals surface area (Å²) >= 11 is 0. The number of aliphatic hydroxyl groups excluding tert-OH is 4. The average Bonchev–Trinajstić information content (AvgIpc) is 3.92. The van der Waals surface area contributed by atoms with Crippen LogP contribution in [-0.4, -0.2) is 114 Å². The number of carbonyl (C=O) groups excluding carboxylic acids is 1. The first-order valence-corrected chi connectivity index (χ1v) is 25.4. The first-order valence-electron chi connectivity index (χ1n) is 23.1. The summed E-state index contributed by atoms with van der Waals surface area (Å²) in [6.07, 6.45) is 5.91. The monoisotopic (exact) mass is 1070 g/mol. The Labute approximate surface area is 445 Å². The van der Waals surface area contributed by atoms with Gasteiger partial charge in [0, 0.05) is 79.3 Å². The minimum atomic E-state index is -1.28. The summed E-state index contributed by atoms with van der Waals surface area (Å²) in [5.74, 6) is 1.68. The molecule has 1 saturated heterocycles. The van der Waals surface area contributed by atoms with Gasteiger partial charge in [-0.25, -0.2) is 8.42 Å². The molecule has 2 aromatic heterocycles. The Hall–Kier alpha value is -3.63. The Balaban J connectivity index is -0.000000435. The third kappa shape index (κ3) is 41.5. The van der Waals surface area contributed by atoms with Crippen LogP contribution in [0.2, 0.25) is 0 Å². The number of Topliss-reactive ketones (excluding diaryl/α,β-unsaturated/α-hetero) is 1. The van der Waals surface area contributed by atoms with Crippen molar-refractivity contribution in [2.45, 2.75) is 132 Å². The van der Waals surface area contributed by atoms with Crippen LogP contribution in [-0.2, 0) is 84.3 Å². The van der Waals surface area contributed by atoms with E-state index in [1.165, 1.54) is 19.8 Å². The molecular weight excluding hydrogens is 985 g/mol. The van der Waals surface area contributed by atoms with E-state index in [1.807, 2.05) is 109 Å². The van der Waals surface area contributed by atoms with Crippen LogP contribution in [0, 0.1) is 0 Å². The first kappa shape index (κ1) is 73.9. The summed E-state index contributed by atoms with van der Waals surface area (Å²) in [6, 6.07) is 22.7. The Morgan fingerprint density at radius 2 is 0.972 bits per heavy atom. The number of rotatable bonds is 13. The van der Waals surface area contributed by atoms with Crippen molar-refractivity contribution in [2.75, 3.05) is 53.9 Å². The predicted octanol–water partition coefficient (Wildman–Crippen LogP) is 8.28. The van der Waals surface area contributed by atoms with Gasteiger partial charge in [-0.2, -0.15) is 4.40 Å². The predicted molar refractivity (Wildman–Crippen MR) is 285 cm³/mol. The van der Waals surface area contributed by atoms with Crippen LogP contribution >= 0.6 is 0 Å². The molecule has 6 N–H and O–H groups in total. The van der Waals surface area contributed by atoms with Crippen molar-refractivity contribution < 1.29 is 79.0 Å². The van der Waals surface area contributed by atoms with E-state index in [-0.39, 0.29) is 63.4 Å². The summed E-state index contributed by atoms with van der Waals surface area (Å²) < 4.78 is 52.8. The summed E-state index contributed by atoms with van der Waals surface area (Å²) in [5, 5.41) is 35.3. The van der Waals surface area contributed by atoms with Crippen LogP contribution in [0.5, 0.6) is 11.5 Å². The Morgan fingerprint density at radius 3 is 1.25 bits per heavy atom. The van der Waals surface area contributed by atoms with E-state index in [2.05, 4.69) is 14.4 Å². The van der Waals surface area contributed by atoms with Gasteiger partial charge < -0.3 is 44.1 Å². The second kappa shape index (κ2) is 46.2. The number of benzene rings is 2. The number of carbonyl (C=O) groups is 1. The number of aliphatic hydroxyl groups is 4. The number of methoxy groups -OCH3 is 2. The quantitative estimate of drug-likeness (QED) is 0.0481. The Kier molecular flexibility index (Phi) is 48.1. The van der Waals surface area contributed by atoms with Crippen molar-refractivity contribution in [3.05, 3.63) is 119 Å².